The Bertz CT molecular complexity index is 1010. The van der Waals surface area contributed by atoms with Gasteiger partial charge in [0.25, 0.3) is 5.56 Å². The molecule has 0 spiro atoms. The molecule has 30 heavy (non-hydrogen) atoms. The quantitative estimate of drug-likeness (QED) is 0.787. The van der Waals surface area contributed by atoms with Crippen LogP contribution in [0.5, 0.6) is 0 Å². The van der Waals surface area contributed by atoms with Crippen LogP contribution in [0.1, 0.15) is 54.0 Å². The Hall–Kier alpha value is -2.42. The highest BCUT2D eigenvalue weighted by molar-refractivity contribution is 5.33. The van der Waals surface area contributed by atoms with Gasteiger partial charge in [-0.05, 0) is 62.0 Å². The standard InChI is InChI=1S/C25H30N4O/c26-13-19-5-4-6-20(11-19)14-28-15-21-12-23(18-28)24-8-7-22(25(30)29(24)16-21)17-27-9-2-1-3-10-27/h4-8,11,21,23H,1-3,9-10,12,14-18H2/t21-,23+/m0/s1. The van der Waals surface area contributed by atoms with Crippen LogP contribution in [-0.4, -0.2) is 40.5 Å². The molecule has 0 radical (unpaired) electrons. The topological polar surface area (TPSA) is 52.3 Å². The first-order valence-electron chi connectivity index (χ1n) is 11.4. The molecule has 3 aliphatic rings. The second kappa shape index (κ2) is 8.37. The van der Waals surface area contributed by atoms with Crippen molar-refractivity contribution in [3.8, 4) is 6.07 Å². The number of nitrogens with zero attached hydrogens (tertiary/aromatic N) is 4. The largest absolute Gasteiger partial charge is 0.312 e. The molecule has 0 unspecified atom stereocenters. The lowest BCUT2D eigenvalue weighted by Gasteiger charge is -2.43. The van der Waals surface area contributed by atoms with E-state index in [-0.39, 0.29) is 5.56 Å². The molecule has 0 saturated carbocycles. The third-order valence-corrected chi connectivity index (χ3v) is 7.06. The highest BCUT2D eigenvalue weighted by Crippen LogP contribution is 2.35. The fourth-order valence-electron chi connectivity index (χ4n) is 5.70. The Morgan fingerprint density at radius 2 is 1.83 bits per heavy atom. The lowest BCUT2D eigenvalue weighted by molar-refractivity contribution is 0.114. The van der Waals surface area contributed by atoms with Crippen LogP contribution in [0.2, 0.25) is 0 Å². The summed E-state index contributed by atoms with van der Waals surface area (Å²) in [6.45, 7) is 6.76. The average molecular weight is 403 g/mol. The zero-order chi connectivity index (χ0) is 20.5. The molecule has 2 bridgehead atoms. The fraction of sp³-hybridized carbons (Fsp3) is 0.520. The van der Waals surface area contributed by atoms with E-state index >= 15 is 0 Å². The lowest BCUT2D eigenvalue weighted by atomic mass is 9.82. The molecule has 2 saturated heterocycles. The first-order valence-corrected chi connectivity index (χ1v) is 11.4. The van der Waals surface area contributed by atoms with Gasteiger partial charge in [0.15, 0.2) is 0 Å². The third kappa shape index (κ3) is 3.95. The summed E-state index contributed by atoms with van der Waals surface area (Å²) < 4.78 is 2.09. The highest BCUT2D eigenvalue weighted by Gasteiger charge is 2.35. The molecule has 156 valence electrons. The molecule has 2 aromatic rings. The van der Waals surface area contributed by atoms with E-state index in [9.17, 15) is 4.79 Å². The molecule has 3 aliphatic heterocycles. The summed E-state index contributed by atoms with van der Waals surface area (Å²) in [6.07, 6.45) is 5.01. The highest BCUT2D eigenvalue weighted by atomic mass is 16.1. The number of rotatable bonds is 4. The van der Waals surface area contributed by atoms with Crippen LogP contribution in [0.3, 0.4) is 0 Å². The van der Waals surface area contributed by atoms with E-state index in [4.69, 9.17) is 5.26 Å². The number of fused-ring (bicyclic) bond motifs is 4. The summed E-state index contributed by atoms with van der Waals surface area (Å²) in [5.74, 6) is 0.951. The van der Waals surface area contributed by atoms with Gasteiger partial charge in [-0.3, -0.25) is 14.6 Å². The molecule has 1 aromatic heterocycles. The van der Waals surface area contributed by atoms with Crippen molar-refractivity contribution in [1.82, 2.24) is 14.4 Å². The number of likely N-dealkylation sites (tertiary alicyclic amines) is 2. The van der Waals surface area contributed by atoms with Crippen molar-refractivity contribution in [3.63, 3.8) is 0 Å². The number of piperidine rings is 2. The third-order valence-electron chi connectivity index (χ3n) is 7.06. The lowest BCUT2D eigenvalue weighted by Crippen LogP contribution is -2.47. The smallest absolute Gasteiger partial charge is 0.255 e. The van der Waals surface area contributed by atoms with Crippen molar-refractivity contribution in [1.29, 1.82) is 5.26 Å². The van der Waals surface area contributed by atoms with Crippen molar-refractivity contribution in [3.05, 3.63) is 69.1 Å². The Morgan fingerprint density at radius 1 is 0.967 bits per heavy atom. The minimum Gasteiger partial charge on any atom is -0.312 e. The van der Waals surface area contributed by atoms with E-state index in [0.717, 1.165) is 56.9 Å². The van der Waals surface area contributed by atoms with Crippen LogP contribution in [0, 0.1) is 17.2 Å². The number of aromatic nitrogens is 1. The summed E-state index contributed by atoms with van der Waals surface area (Å²) in [7, 11) is 0. The summed E-state index contributed by atoms with van der Waals surface area (Å²) in [5, 5.41) is 9.16. The predicted molar refractivity (Wildman–Crippen MR) is 117 cm³/mol. The van der Waals surface area contributed by atoms with Crippen LogP contribution in [-0.2, 0) is 19.6 Å². The van der Waals surface area contributed by atoms with Crippen LogP contribution in [0.15, 0.2) is 41.2 Å². The van der Waals surface area contributed by atoms with Crippen molar-refractivity contribution in [2.75, 3.05) is 26.2 Å². The Morgan fingerprint density at radius 3 is 2.67 bits per heavy atom. The molecule has 0 N–H and O–H groups in total. The van der Waals surface area contributed by atoms with Crippen molar-refractivity contribution >= 4 is 0 Å². The van der Waals surface area contributed by atoms with E-state index in [1.807, 2.05) is 18.2 Å². The first-order chi connectivity index (χ1) is 14.7. The zero-order valence-corrected chi connectivity index (χ0v) is 17.6. The van der Waals surface area contributed by atoms with E-state index < -0.39 is 0 Å². The molecule has 4 heterocycles. The Kier molecular flexibility index (Phi) is 5.45. The minimum absolute atomic E-state index is 0.239. The first kappa shape index (κ1) is 19.5. The van der Waals surface area contributed by atoms with Gasteiger partial charge in [0.1, 0.15) is 0 Å². The van der Waals surface area contributed by atoms with Crippen LogP contribution >= 0.6 is 0 Å². The van der Waals surface area contributed by atoms with Gasteiger partial charge in [0.2, 0.25) is 0 Å². The van der Waals surface area contributed by atoms with Gasteiger partial charge in [-0.25, -0.2) is 0 Å². The van der Waals surface area contributed by atoms with Crippen LogP contribution < -0.4 is 5.56 Å². The van der Waals surface area contributed by atoms with E-state index in [2.05, 4.69) is 38.6 Å². The normalized spacial score (nSPS) is 24.2. The van der Waals surface area contributed by atoms with Crippen LogP contribution in [0.25, 0.3) is 0 Å². The maximum absolute atomic E-state index is 13.3. The Labute approximate surface area is 178 Å². The molecule has 5 rings (SSSR count). The number of hydrogen-bond acceptors (Lipinski definition) is 4. The number of benzene rings is 1. The van der Waals surface area contributed by atoms with Crippen LogP contribution in [0.4, 0.5) is 0 Å². The molecule has 5 nitrogen and oxygen atoms in total. The number of nitriles is 1. The van der Waals surface area contributed by atoms with Gasteiger partial charge in [0.05, 0.1) is 11.6 Å². The summed E-state index contributed by atoms with van der Waals surface area (Å²) in [6, 6.07) is 14.5. The molecule has 0 amide bonds. The summed E-state index contributed by atoms with van der Waals surface area (Å²) in [5.41, 5.74) is 4.34. The molecular formula is C25H30N4O. The Balaban J connectivity index is 1.33. The summed E-state index contributed by atoms with van der Waals surface area (Å²) >= 11 is 0. The second-order valence-electron chi connectivity index (χ2n) is 9.34. The van der Waals surface area contributed by atoms with Crippen molar-refractivity contribution in [2.45, 2.75) is 51.2 Å². The summed E-state index contributed by atoms with van der Waals surface area (Å²) in [4.78, 5) is 18.2. The average Bonchev–Trinajstić information content (AvgIpc) is 2.77. The molecular weight excluding hydrogens is 372 g/mol. The molecule has 2 fully saturated rings. The van der Waals surface area contributed by atoms with Crippen molar-refractivity contribution in [2.24, 2.45) is 5.92 Å². The van der Waals surface area contributed by atoms with E-state index in [0.29, 0.717) is 11.8 Å². The monoisotopic (exact) mass is 402 g/mol. The predicted octanol–water partition coefficient (Wildman–Crippen LogP) is 3.33. The number of hydrogen-bond donors (Lipinski definition) is 0. The molecule has 2 atom stereocenters. The van der Waals surface area contributed by atoms with Gasteiger partial charge in [-0.15, -0.1) is 0 Å². The minimum atomic E-state index is 0.239. The van der Waals surface area contributed by atoms with E-state index in [1.165, 1.54) is 36.9 Å². The number of pyridine rings is 1. The van der Waals surface area contributed by atoms with Gasteiger partial charge >= 0.3 is 0 Å². The second-order valence-corrected chi connectivity index (χ2v) is 9.34. The SMILES string of the molecule is N#Cc1cccc(CN2C[C@@H]3C[C@H](C2)c2ccc(CN4CCCCC4)c(=O)n2C3)c1. The molecule has 5 heteroatoms. The maximum atomic E-state index is 13.3. The fourth-order valence-corrected chi connectivity index (χ4v) is 5.70. The van der Waals surface area contributed by atoms with Gasteiger partial charge < -0.3 is 4.57 Å². The van der Waals surface area contributed by atoms with Crippen molar-refractivity contribution < 1.29 is 0 Å². The van der Waals surface area contributed by atoms with Gasteiger partial charge in [0, 0.05) is 49.9 Å². The van der Waals surface area contributed by atoms with Gasteiger partial charge in [-0.2, -0.15) is 5.26 Å². The van der Waals surface area contributed by atoms with E-state index in [1.54, 1.807) is 0 Å². The zero-order valence-electron chi connectivity index (χ0n) is 17.6. The molecule has 0 aliphatic carbocycles. The van der Waals surface area contributed by atoms with Gasteiger partial charge in [-0.1, -0.05) is 24.6 Å². The molecule has 1 aromatic carbocycles. The maximum Gasteiger partial charge on any atom is 0.255 e.